The highest BCUT2D eigenvalue weighted by Gasteiger charge is 2.29. The number of carbonyl (C=O) groups excluding carboxylic acids is 1. The molecule has 2 bridgehead atoms. The van der Waals surface area contributed by atoms with E-state index < -0.39 is 0 Å². The fourth-order valence-electron chi connectivity index (χ4n) is 1.94. The maximum absolute atomic E-state index is 10.4. The number of carbonyl (C=O) groups is 1. The van der Waals surface area contributed by atoms with E-state index >= 15 is 0 Å². The Morgan fingerprint density at radius 3 is 2.30 bits per heavy atom. The lowest BCUT2D eigenvalue weighted by atomic mass is 9.80. The molecule has 0 saturated heterocycles. The Kier molecular flexibility index (Phi) is 1.33. The van der Waals surface area contributed by atoms with Gasteiger partial charge in [0.1, 0.15) is 0 Å². The molecule has 0 unspecified atom stereocenters. The average molecular weight is 137 g/mol. The van der Waals surface area contributed by atoms with Gasteiger partial charge in [0.15, 0.2) is 6.29 Å². The Hall–Kier alpha value is -0.660. The van der Waals surface area contributed by atoms with Crippen molar-refractivity contribution in [2.45, 2.75) is 31.7 Å². The molecule has 0 radical (unpaired) electrons. The van der Waals surface area contributed by atoms with Gasteiger partial charge in [-0.05, 0) is 25.7 Å². The molecule has 2 heterocycles. The van der Waals surface area contributed by atoms with Crippen LogP contribution in [0.1, 0.15) is 25.7 Å². The molecule has 54 valence electrons. The molecule has 0 amide bonds. The largest absolute Gasteiger partial charge is 0.297 e. The van der Waals surface area contributed by atoms with Gasteiger partial charge in [0, 0.05) is 5.92 Å². The van der Waals surface area contributed by atoms with Crippen LogP contribution in [0.25, 0.3) is 0 Å². The van der Waals surface area contributed by atoms with Crippen molar-refractivity contribution >= 4 is 12.0 Å². The van der Waals surface area contributed by atoms with Crippen molar-refractivity contribution in [3.8, 4) is 0 Å². The van der Waals surface area contributed by atoms with Gasteiger partial charge in [-0.15, -0.1) is 0 Å². The second kappa shape index (κ2) is 2.19. The zero-order chi connectivity index (χ0) is 6.97. The van der Waals surface area contributed by atoms with Crippen molar-refractivity contribution in [3.63, 3.8) is 0 Å². The molecule has 0 atom stereocenters. The van der Waals surface area contributed by atoms with Crippen LogP contribution in [0.3, 0.4) is 0 Å². The van der Waals surface area contributed by atoms with Gasteiger partial charge in [-0.3, -0.25) is 9.79 Å². The van der Waals surface area contributed by atoms with Crippen molar-refractivity contribution in [2.75, 3.05) is 0 Å². The third-order valence-corrected chi connectivity index (χ3v) is 2.57. The average Bonchev–Trinajstić information content (AvgIpc) is 2.06. The smallest absolute Gasteiger partial charge is 0.164 e. The van der Waals surface area contributed by atoms with Crippen LogP contribution in [-0.4, -0.2) is 18.0 Å². The first-order valence-corrected chi connectivity index (χ1v) is 3.93. The van der Waals surface area contributed by atoms with Crippen LogP contribution in [0.4, 0.5) is 0 Å². The molecule has 0 aromatic carbocycles. The highest BCUT2D eigenvalue weighted by Crippen LogP contribution is 2.32. The third kappa shape index (κ3) is 0.789. The fourth-order valence-corrected chi connectivity index (χ4v) is 1.94. The lowest BCUT2D eigenvalue weighted by molar-refractivity contribution is -0.103. The van der Waals surface area contributed by atoms with E-state index in [2.05, 4.69) is 4.99 Å². The molecule has 1 aliphatic carbocycles. The molecular weight excluding hydrogens is 126 g/mol. The molecule has 3 rings (SSSR count). The van der Waals surface area contributed by atoms with Crippen LogP contribution in [0, 0.1) is 5.92 Å². The minimum Gasteiger partial charge on any atom is -0.297 e. The van der Waals surface area contributed by atoms with Crippen molar-refractivity contribution in [3.05, 3.63) is 0 Å². The van der Waals surface area contributed by atoms with Crippen LogP contribution >= 0.6 is 0 Å². The first kappa shape index (κ1) is 6.08. The van der Waals surface area contributed by atoms with Crippen LogP contribution < -0.4 is 0 Å². The Bertz CT molecular complexity index is 178. The molecule has 0 spiro atoms. The SMILES string of the molecule is O=CC1=NC2CCC1CC2. The molecule has 0 aromatic heterocycles. The van der Waals surface area contributed by atoms with Crippen LogP contribution in [-0.2, 0) is 4.79 Å². The van der Waals surface area contributed by atoms with E-state index in [1.807, 2.05) is 0 Å². The number of hydrogen-bond donors (Lipinski definition) is 0. The van der Waals surface area contributed by atoms with Gasteiger partial charge < -0.3 is 0 Å². The topological polar surface area (TPSA) is 29.4 Å². The summed E-state index contributed by atoms with van der Waals surface area (Å²) in [5.74, 6) is 0.516. The molecule has 0 N–H and O–H groups in total. The second-order valence-corrected chi connectivity index (χ2v) is 3.18. The summed E-state index contributed by atoms with van der Waals surface area (Å²) >= 11 is 0. The summed E-state index contributed by atoms with van der Waals surface area (Å²) in [5.41, 5.74) is 0.836. The molecule has 1 fully saturated rings. The number of nitrogens with zero attached hydrogens (tertiary/aromatic N) is 1. The lowest BCUT2D eigenvalue weighted by Gasteiger charge is -2.31. The fraction of sp³-hybridized carbons (Fsp3) is 0.750. The zero-order valence-electron chi connectivity index (χ0n) is 5.92. The predicted octanol–water partition coefficient (Wildman–Crippen LogP) is 1.20. The summed E-state index contributed by atoms with van der Waals surface area (Å²) in [4.78, 5) is 14.7. The van der Waals surface area contributed by atoms with E-state index in [1.54, 1.807) is 0 Å². The van der Waals surface area contributed by atoms with Gasteiger partial charge in [-0.1, -0.05) is 0 Å². The summed E-state index contributed by atoms with van der Waals surface area (Å²) in [6.07, 6.45) is 5.75. The molecule has 2 aliphatic heterocycles. The molecular formula is C8H11NO. The molecule has 2 nitrogen and oxygen atoms in total. The van der Waals surface area contributed by atoms with Gasteiger partial charge >= 0.3 is 0 Å². The number of rotatable bonds is 1. The maximum Gasteiger partial charge on any atom is 0.164 e. The number of aliphatic imine (C=N–C) groups is 1. The Labute approximate surface area is 60.3 Å². The summed E-state index contributed by atoms with van der Waals surface area (Å²) in [7, 11) is 0. The Morgan fingerprint density at radius 2 is 2.00 bits per heavy atom. The minimum absolute atomic E-state index is 0.491. The van der Waals surface area contributed by atoms with E-state index in [9.17, 15) is 4.79 Å². The molecule has 10 heavy (non-hydrogen) atoms. The van der Waals surface area contributed by atoms with Gasteiger partial charge in [0.2, 0.25) is 0 Å². The third-order valence-electron chi connectivity index (χ3n) is 2.57. The van der Waals surface area contributed by atoms with Crippen LogP contribution in [0.2, 0.25) is 0 Å². The van der Waals surface area contributed by atoms with Crippen LogP contribution in [0.5, 0.6) is 0 Å². The monoisotopic (exact) mass is 137 g/mol. The molecule has 0 aromatic rings. The predicted molar refractivity (Wildman–Crippen MR) is 39.2 cm³/mol. The highest BCUT2D eigenvalue weighted by atomic mass is 16.1. The zero-order valence-corrected chi connectivity index (χ0v) is 5.92. The van der Waals surface area contributed by atoms with E-state index in [0.29, 0.717) is 12.0 Å². The van der Waals surface area contributed by atoms with Gasteiger partial charge in [-0.25, -0.2) is 0 Å². The van der Waals surface area contributed by atoms with E-state index in [0.717, 1.165) is 12.0 Å². The number of fused-ring (bicyclic) bond motifs is 2. The first-order chi connectivity index (χ1) is 4.90. The van der Waals surface area contributed by atoms with Crippen LogP contribution in [0.15, 0.2) is 4.99 Å². The Morgan fingerprint density at radius 1 is 1.30 bits per heavy atom. The second-order valence-electron chi connectivity index (χ2n) is 3.18. The molecule has 1 saturated carbocycles. The van der Waals surface area contributed by atoms with E-state index in [1.165, 1.54) is 25.7 Å². The van der Waals surface area contributed by atoms with Gasteiger partial charge in [0.05, 0.1) is 11.8 Å². The summed E-state index contributed by atoms with van der Waals surface area (Å²) in [6, 6.07) is 0.491. The van der Waals surface area contributed by atoms with Crippen molar-refractivity contribution < 1.29 is 4.79 Å². The molecule has 3 aliphatic rings. The highest BCUT2D eigenvalue weighted by molar-refractivity contribution is 6.29. The normalized spacial score (nSPS) is 37.4. The summed E-state index contributed by atoms with van der Waals surface area (Å²) in [5, 5.41) is 0. The first-order valence-electron chi connectivity index (χ1n) is 3.93. The standard InChI is InChI=1S/C8H11NO/c10-5-8-6-1-3-7(9-8)4-2-6/h5-7H,1-4H2. The maximum atomic E-state index is 10.4. The van der Waals surface area contributed by atoms with Crippen molar-refractivity contribution in [2.24, 2.45) is 10.9 Å². The number of hydrogen-bond acceptors (Lipinski definition) is 2. The summed E-state index contributed by atoms with van der Waals surface area (Å²) < 4.78 is 0. The quantitative estimate of drug-likeness (QED) is 0.499. The Balaban J connectivity index is 2.26. The van der Waals surface area contributed by atoms with Crippen molar-refractivity contribution in [1.29, 1.82) is 0 Å². The molecule has 2 heteroatoms. The van der Waals surface area contributed by atoms with E-state index in [4.69, 9.17) is 0 Å². The minimum atomic E-state index is 0.491. The number of aldehydes is 1. The summed E-state index contributed by atoms with van der Waals surface area (Å²) in [6.45, 7) is 0. The lowest BCUT2D eigenvalue weighted by Crippen LogP contribution is -2.31. The van der Waals surface area contributed by atoms with E-state index in [-0.39, 0.29) is 0 Å². The van der Waals surface area contributed by atoms with Gasteiger partial charge in [0.25, 0.3) is 0 Å². The van der Waals surface area contributed by atoms with Gasteiger partial charge in [-0.2, -0.15) is 0 Å². The van der Waals surface area contributed by atoms with Crippen molar-refractivity contribution in [1.82, 2.24) is 0 Å².